The minimum absolute atomic E-state index is 0.177. The number of nitrogens with zero attached hydrogens (tertiary/aromatic N) is 4. The lowest BCUT2D eigenvalue weighted by Gasteiger charge is -2.34. The zero-order chi connectivity index (χ0) is 26.7. The van der Waals surface area contributed by atoms with Crippen molar-refractivity contribution in [3.63, 3.8) is 0 Å². The first-order valence-corrected chi connectivity index (χ1v) is 13.7. The molecule has 7 rings (SSSR count). The van der Waals surface area contributed by atoms with Crippen LogP contribution in [0.2, 0.25) is 0 Å². The van der Waals surface area contributed by atoms with E-state index in [4.69, 9.17) is 10.7 Å². The fourth-order valence-corrected chi connectivity index (χ4v) is 6.35. The van der Waals surface area contributed by atoms with Crippen molar-refractivity contribution in [2.45, 2.75) is 44.8 Å². The molecule has 3 aromatic carbocycles. The number of nitrogens with two attached hydrogens (primary N) is 1. The summed E-state index contributed by atoms with van der Waals surface area (Å²) in [4.78, 5) is 7.50. The van der Waals surface area contributed by atoms with Gasteiger partial charge in [0.25, 0.3) is 0 Å². The molecular formula is C32H31F2N5. The van der Waals surface area contributed by atoms with E-state index in [2.05, 4.69) is 38.8 Å². The number of aromatic nitrogens is 3. The van der Waals surface area contributed by atoms with Gasteiger partial charge >= 0.3 is 0 Å². The van der Waals surface area contributed by atoms with Gasteiger partial charge in [0.05, 0.1) is 22.2 Å². The largest absolute Gasteiger partial charge is 0.370 e. The van der Waals surface area contributed by atoms with Crippen molar-refractivity contribution in [3.05, 3.63) is 95.6 Å². The molecule has 5 aromatic rings. The topological polar surface area (TPSA) is 52.0 Å². The normalized spacial score (nSPS) is 17.3. The number of halogens is 2. The number of fused-ring (bicyclic) bond motifs is 1. The maximum absolute atomic E-state index is 14.4. The van der Waals surface area contributed by atoms with Crippen LogP contribution < -0.4 is 5.73 Å². The molecule has 39 heavy (non-hydrogen) atoms. The summed E-state index contributed by atoms with van der Waals surface area (Å²) >= 11 is 0. The average molecular weight is 524 g/mol. The predicted molar refractivity (Wildman–Crippen MR) is 152 cm³/mol. The second kappa shape index (κ2) is 9.35. The van der Waals surface area contributed by atoms with Gasteiger partial charge in [-0.25, -0.2) is 13.8 Å². The van der Waals surface area contributed by atoms with E-state index in [0.717, 1.165) is 95.6 Å². The van der Waals surface area contributed by atoms with E-state index in [0.29, 0.717) is 6.54 Å². The molecular weight excluding hydrogens is 492 g/mol. The van der Waals surface area contributed by atoms with Crippen LogP contribution in [0.3, 0.4) is 0 Å². The van der Waals surface area contributed by atoms with Crippen molar-refractivity contribution in [1.82, 2.24) is 19.0 Å². The first kappa shape index (κ1) is 24.1. The Kier molecular flexibility index (Phi) is 5.77. The van der Waals surface area contributed by atoms with Crippen LogP contribution in [-0.2, 0) is 19.5 Å². The van der Waals surface area contributed by atoms with E-state index in [1.807, 2.05) is 6.07 Å². The third-order valence-electron chi connectivity index (χ3n) is 8.27. The lowest BCUT2D eigenvalue weighted by atomic mass is 9.98. The summed E-state index contributed by atoms with van der Waals surface area (Å²) in [6.45, 7) is 7.59. The van der Waals surface area contributed by atoms with Crippen LogP contribution in [0.25, 0.3) is 39.2 Å². The Morgan fingerprint density at radius 1 is 0.974 bits per heavy atom. The van der Waals surface area contributed by atoms with Crippen molar-refractivity contribution in [2.75, 3.05) is 13.1 Å². The molecule has 1 saturated heterocycles. The molecule has 5 nitrogen and oxygen atoms in total. The molecule has 2 aliphatic heterocycles. The number of hydrogen-bond acceptors (Lipinski definition) is 3. The Morgan fingerprint density at radius 2 is 1.79 bits per heavy atom. The zero-order valence-corrected chi connectivity index (χ0v) is 21.8. The van der Waals surface area contributed by atoms with Gasteiger partial charge in [0.1, 0.15) is 11.6 Å². The number of aryl methyl sites for hydroxylation is 2. The lowest BCUT2D eigenvalue weighted by Crippen LogP contribution is -2.41. The summed E-state index contributed by atoms with van der Waals surface area (Å²) in [6.07, 6.45) is 4.14. The van der Waals surface area contributed by atoms with E-state index in [9.17, 15) is 8.78 Å². The monoisotopic (exact) mass is 523 g/mol. The standard InChI is InChI=1S/C32H31F2N5/c1-20(37-12-3-5-27(35)19-37)24-14-23-4-2-13-38-31(23)28(15-24)36-32(38)30-16-22-8-11-26(34)17-29(22)39(30)18-21-6-9-25(33)10-7-21/h6-11,14-17,27H,1-5,12-13,18-19,35H2. The van der Waals surface area contributed by atoms with E-state index in [1.54, 1.807) is 18.2 Å². The number of likely N-dealkylation sites (tertiary alicyclic amines) is 1. The number of rotatable bonds is 5. The van der Waals surface area contributed by atoms with Crippen LogP contribution in [-0.4, -0.2) is 38.1 Å². The Hall–Kier alpha value is -3.97. The summed E-state index contributed by atoms with van der Waals surface area (Å²) in [6, 6.07) is 18.0. The SMILES string of the molecule is C=C(c1cc2c3c(c1)nc(-c1cc4ccc(F)cc4n1Cc1ccc(F)cc1)n3CCC2)N1CCCC(N)C1. The molecule has 1 unspecified atom stereocenters. The summed E-state index contributed by atoms with van der Waals surface area (Å²) in [5.74, 6) is 0.306. The Morgan fingerprint density at radius 3 is 2.62 bits per heavy atom. The van der Waals surface area contributed by atoms with E-state index in [-0.39, 0.29) is 17.7 Å². The highest BCUT2D eigenvalue weighted by Crippen LogP contribution is 2.37. The van der Waals surface area contributed by atoms with Crippen molar-refractivity contribution in [3.8, 4) is 11.5 Å². The lowest BCUT2D eigenvalue weighted by molar-refractivity contribution is 0.296. The number of imidazole rings is 1. The van der Waals surface area contributed by atoms with Gasteiger partial charge in [-0.2, -0.15) is 0 Å². The summed E-state index contributed by atoms with van der Waals surface area (Å²) in [7, 11) is 0. The second-order valence-electron chi connectivity index (χ2n) is 10.9. The molecule has 7 heteroatoms. The Balaban J connectivity index is 1.37. The molecule has 2 N–H and O–H groups in total. The van der Waals surface area contributed by atoms with E-state index >= 15 is 0 Å². The number of benzene rings is 3. The van der Waals surface area contributed by atoms with Gasteiger partial charge in [0.2, 0.25) is 0 Å². The van der Waals surface area contributed by atoms with Crippen LogP contribution in [0.1, 0.15) is 36.0 Å². The van der Waals surface area contributed by atoms with Gasteiger partial charge < -0.3 is 19.8 Å². The van der Waals surface area contributed by atoms with E-state index in [1.165, 1.54) is 23.8 Å². The van der Waals surface area contributed by atoms with Gasteiger partial charge in [-0.3, -0.25) is 0 Å². The Labute approximate surface area is 226 Å². The van der Waals surface area contributed by atoms with Gasteiger partial charge in [-0.05, 0) is 90.9 Å². The molecule has 1 fully saturated rings. The van der Waals surface area contributed by atoms with Gasteiger partial charge in [-0.1, -0.05) is 18.7 Å². The smallest absolute Gasteiger partial charge is 0.157 e. The highest BCUT2D eigenvalue weighted by atomic mass is 19.1. The Bertz CT molecular complexity index is 1730. The molecule has 0 aliphatic carbocycles. The summed E-state index contributed by atoms with van der Waals surface area (Å²) < 4.78 is 32.4. The van der Waals surface area contributed by atoms with Crippen LogP contribution in [0.5, 0.6) is 0 Å². The van der Waals surface area contributed by atoms with Crippen LogP contribution in [0.4, 0.5) is 8.78 Å². The first-order valence-electron chi connectivity index (χ1n) is 13.7. The van der Waals surface area contributed by atoms with Crippen molar-refractivity contribution in [2.24, 2.45) is 5.73 Å². The maximum atomic E-state index is 14.4. The molecule has 0 bridgehead atoms. The predicted octanol–water partition coefficient (Wildman–Crippen LogP) is 6.32. The fraction of sp³-hybridized carbons (Fsp3) is 0.281. The van der Waals surface area contributed by atoms with Crippen LogP contribution >= 0.6 is 0 Å². The number of hydrogen-bond donors (Lipinski definition) is 1. The van der Waals surface area contributed by atoms with Crippen LogP contribution in [0.15, 0.2) is 67.2 Å². The molecule has 0 saturated carbocycles. The minimum Gasteiger partial charge on any atom is -0.370 e. The minimum atomic E-state index is -0.287. The molecule has 0 radical (unpaired) electrons. The molecule has 4 heterocycles. The van der Waals surface area contributed by atoms with Gasteiger partial charge in [0.15, 0.2) is 5.82 Å². The second-order valence-corrected chi connectivity index (χ2v) is 10.9. The van der Waals surface area contributed by atoms with Crippen molar-refractivity contribution >= 4 is 27.6 Å². The highest BCUT2D eigenvalue weighted by molar-refractivity contribution is 5.91. The van der Waals surface area contributed by atoms with Crippen molar-refractivity contribution in [1.29, 1.82) is 0 Å². The third kappa shape index (κ3) is 4.21. The van der Waals surface area contributed by atoms with Crippen LogP contribution in [0, 0.1) is 11.6 Å². The maximum Gasteiger partial charge on any atom is 0.157 e. The first-order chi connectivity index (χ1) is 18.9. The zero-order valence-electron chi connectivity index (χ0n) is 21.8. The molecule has 2 aliphatic rings. The quantitative estimate of drug-likeness (QED) is 0.293. The summed E-state index contributed by atoms with van der Waals surface area (Å²) in [5.41, 5.74) is 14.4. The average Bonchev–Trinajstić information content (AvgIpc) is 3.48. The highest BCUT2D eigenvalue weighted by Gasteiger charge is 2.25. The van der Waals surface area contributed by atoms with Gasteiger partial charge in [-0.15, -0.1) is 0 Å². The third-order valence-corrected chi connectivity index (χ3v) is 8.27. The fourth-order valence-electron chi connectivity index (χ4n) is 6.35. The molecule has 0 spiro atoms. The molecule has 0 amide bonds. The van der Waals surface area contributed by atoms with E-state index < -0.39 is 0 Å². The molecule has 1 atom stereocenters. The van der Waals surface area contributed by atoms with Gasteiger partial charge in [0, 0.05) is 43.3 Å². The molecule has 198 valence electrons. The summed E-state index contributed by atoms with van der Waals surface area (Å²) in [5, 5.41) is 0.944. The van der Waals surface area contributed by atoms with Crippen molar-refractivity contribution < 1.29 is 8.78 Å². The molecule has 2 aromatic heterocycles. The number of piperidine rings is 1.